The predicted molar refractivity (Wildman–Crippen MR) is 90.4 cm³/mol. The van der Waals surface area contributed by atoms with Crippen molar-refractivity contribution in [2.45, 2.75) is 46.3 Å². The molecule has 1 rings (SSSR count). The molecule has 0 aromatic carbocycles. The van der Waals surface area contributed by atoms with E-state index in [1.54, 1.807) is 0 Å². The highest BCUT2D eigenvalue weighted by Gasteiger charge is 2.07. The summed E-state index contributed by atoms with van der Waals surface area (Å²) in [6.07, 6.45) is 1.24. The van der Waals surface area contributed by atoms with Gasteiger partial charge in [0.15, 0.2) is 0 Å². The van der Waals surface area contributed by atoms with E-state index in [0.717, 1.165) is 19.6 Å². The van der Waals surface area contributed by atoms with Crippen LogP contribution in [-0.4, -0.2) is 49.6 Å². The van der Waals surface area contributed by atoms with Crippen molar-refractivity contribution in [3.05, 3.63) is 21.9 Å². The molecule has 1 heterocycles. The molecule has 4 heteroatoms. The molecule has 0 amide bonds. The Balaban J connectivity index is 2.37. The van der Waals surface area contributed by atoms with Crippen molar-refractivity contribution in [1.29, 1.82) is 0 Å². The molecule has 0 spiro atoms. The number of hydrogen-bond donors (Lipinski definition) is 1. The van der Waals surface area contributed by atoms with Crippen molar-refractivity contribution in [3.63, 3.8) is 0 Å². The maximum Gasteiger partial charge on any atom is 0.0327 e. The summed E-state index contributed by atoms with van der Waals surface area (Å²) in [5.41, 5.74) is 0. The lowest BCUT2D eigenvalue weighted by Crippen LogP contribution is -2.26. The molecular weight excluding hydrogens is 266 g/mol. The second-order valence-corrected chi connectivity index (χ2v) is 7.18. The molecule has 0 atom stereocenters. The molecule has 20 heavy (non-hydrogen) atoms. The molecule has 0 radical (unpaired) electrons. The monoisotopic (exact) mass is 297 g/mol. The molecule has 1 N–H and O–H groups in total. The summed E-state index contributed by atoms with van der Waals surface area (Å²) in [5, 5.41) is 3.48. The summed E-state index contributed by atoms with van der Waals surface area (Å²) in [5.74, 6) is 0. The van der Waals surface area contributed by atoms with Crippen molar-refractivity contribution in [2.75, 3.05) is 33.7 Å². The van der Waals surface area contributed by atoms with E-state index in [4.69, 9.17) is 0 Å². The van der Waals surface area contributed by atoms with Gasteiger partial charge in [-0.1, -0.05) is 20.8 Å². The van der Waals surface area contributed by atoms with Crippen LogP contribution in [0, 0.1) is 0 Å². The van der Waals surface area contributed by atoms with Crippen molar-refractivity contribution in [1.82, 2.24) is 15.1 Å². The summed E-state index contributed by atoms with van der Waals surface area (Å²) in [6, 6.07) is 5.11. The van der Waals surface area contributed by atoms with E-state index < -0.39 is 0 Å². The topological polar surface area (TPSA) is 18.5 Å². The fraction of sp³-hybridized carbons (Fsp3) is 0.750. The van der Waals surface area contributed by atoms with Gasteiger partial charge in [0.25, 0.3) is 0 Å². The molecule has 116 valence electrons. The molecule has 0 saturated carbocycles. The van der Waals surface area contributed by atoms with E-state index in [1.165, 1.54) is 29.3 Å². The quantitative estimate of drug-likeness (QED) is 0.716. The van der Waals surface area contributed by atoms with E-state index in [9.17, 15) is 0 Å². The first kappa shape index (κ1) is 17.6. The minimum atomic E-state index is 0.554. The Morgan fingerprint density at radius 3 is 2.45 bits per heavy atom. The van der Waals surface area contributed by atoms with Crippen LogP contribution in [0.4, 0.5) is 0 Å². The smallest absolute Gasteiger partial charge is 0.0327 e. The number of hydrogen-bond acceptors (Lipinski definition) is 4. The van der Waals surface area contributed by atoms with E-state index in [2.05, 4.69) is 62.1 Å². The first-order valence-corrected chi connectivity index (χ1v) is 8.51. The number of thiophene rings is 1. The lowest BCUT2D eigenvalue weighted by atomic mass is 10.3. The third-order valence-corrected chi connectivity index (χ3v) is 4.38. The second-order valence-electron chi connectivity index (χ2n) is 5.93. The van der Waals surface area contributed by atoms with Gasteiger partial charge in [-0.05, 0) is 52.3 Å². The van der Waals surface area contributed by atoms with Crippen molar-refractivity contribution < 1.29 is 0 Å². The Hall–Kier alpha value is -0.420. The Bertz CT molecular complexity index is 360. The minimum absolute atomic E-state index is 0.554. The first-order valence-electron chi connectivity index (χ1n) is 7.69. The van der Waals surface area contributed by atoms with Gasteiger partial charge in [0.1, 0.15) is 0 Å². The number of nitrogens with one attached hydrogen (secondary N) is 1. The van der Waals surface area contributed by atoms with Gasteiger partial charge >= 0.3 is 0 Å². The normalized spacial score (nSPS) is 12.0. The molecule has 3 nitrogen and oxygen atoms in total. The van der Waals surface area contributed by atoms with Crippen LogP contribution in [0.15, 0.2) is 12.1 Å². The van der Waals surface area contributed by atoms with Crippen LogP contribution in [0.5, 0.6) is 0 Å². The SMILES string of the molecule is CCN(CCCN(C)C)Cc1ccc(CNC(C)C)s1. The number of nitrogens with zero attached hydrogens (tertiary/aromatic N) is 2. The standard InChI is InChI=1S/C16H31N3S/c1-6-19(11-7-10-18(4)5)13-16-9-8-15(20-16)12-17-14(2)3/h8-9,14,17H,6-7,10-13H2,1-5H3. The van der Waals surface area contributed by atoms with E-state index in [-0.39, 0.29) is 0 Å². The summed E-state index contributed by atoms with van der Waals surface area (Å²) in [6.45, 7) is 12.2. The molecule has 0 bridgehead atoms. The average Bonchev–Trinajstić information content (AvgIpc) is 2.82. The highest BCUT2D eigenvalue weighted by molar-refractivity contribution is 7.11. The largest absolute Gasteiger partial charge is 0.310 e. The lowest BCUT2D eigenvalue weighted by molar-refractivity contribution is 0.261. The van der Waals surface area contributed by atoms with Gasteiger partial charge in [-0.25, -0.2) is 0 Å². The Labute approximate surface area is 129 Å². The predicted octanol–water partition coefficient (Wildman–Crippen LogP) is 3.02. The van der Waals surface area contributed by atoms with Gasteiger partial charge in [0, 0.05) is 28.9 Å². The van der Waals surface area contributed by atoms with Crippen LogP contribution in [0.25, 0.3) is 0 Å². The third-order valence-electron chi connectivity index (χ3n) is 3.31. The summed E-state index contributed by atoms with van der Waals surface area (Å²) < 4.78 is 0. The highest BCUT2D eigenvalue weighted by Crippen LogP contribution is 2.18. The van der Waals surface area contributed by atoms with Crippen LogP contribution < -0.4 is 5.32 Å². The third kappa shape index (κ3) is 7.39. The average molecular weight is 298 g/mol. The van der Waals surface area contributed by atoms with Crippen LogP contribution in [0.1, 0.15) is 36.9 Å². The van der Waals surface area contributed by atoms with Gasteiger partial charge in [-0.15, -0.1) is 11.3 Å². The van der Waals surface area contributed by atoms with Gasteiger partial charge in [0.2, 0.25) is 0 Å². The van der Waals surface area contributed by atoms with Crippen molar-refractivity contribution in [2.24, 2.45) is 0 Å². The molecular formula is C16H31N3S. The van der Waals surface area contributed by atoms with Gasteiger partial charge < -0.3 is 10.2 Å². The van der Waals surface area contributed by atoms with Crippen LogP contribution >= 0.6 is 11.3 Å². The van der Waals surface area contributed by atoms with Crippen molar-refractivity contribution in [3.8, 4) is 0 Å². The van der Waals surface area contributed by atoms with Gasteiger partial charge in [-0.2, -0.15) is 0 Å². The van der Waals surface area contributed by atoms with Crippen LogP contribution in [-0.2, 0) is 13.1 Å². The summed E-state index contributed by atoms with van der Waals surface area (Å²) in [7, 11) is 4.28. The fourth-order valence-corrected chi connectivity index (χ4v) is 3.10. The van der Waals surface area contributed by atoms with Crippen LogP contribution in [0.3, 0.4) is 0 Å². The molecule has 0 fully saturated rings. The number of rotatable bonds is 10. The second kappa shape index (κ2) is 9.50. The molecule has 0 saturated heterocycles. The Morgan fingerprint density at radius 2 is 1.85 bits per heavy atom. The van der Waals surface area contributed by atoms with E-state index >= 15 is 0 Å². The maximum absolute atomic E-state index is 3.48. The molecule has 1 aromatic rings. The van der Waals surface area contributed by atoms with Gasteiger partial charge in [0.05, 0.1) is 0 Å². The molecule has 0 aliphatic rings. The highest BCUT2D eigenvalue weighted by atomic mass is 32.1. The molecule has 0 unspecified atom stereocenters. The minimum Gasteiger partial charge on any atom is -0.310 e. The maximum atomic E-state index is 3.48. The van der Waals surface area contributed by atoms with Crippen LogP contribution in [0.2, 0.25) is 0 Å². The zero-order valence-corrected chi connectivity index (χ0v) is 14.6. The molecule has 0 aliphatic carbocycles. The van der Waals surface area contributed by atoms with Crippen molar-refractivity contribution >= 4 is 11.3 Å². The zero-order chi connectivity index (χ0) is 15.0. The summed E-state index contributed by atoms with van der Waals surface area (Å²) in [4.78, 5) is 7.72. The fourth-order valence-electron chi connectivity index (χ4n) is 2.09. The van der Waals surface area contributed by atoms with Gasteiger partial charge in [-0.3, -0.25) is 4.90 Å². The zero-order valence-electron chi connectivity index (χ0n) is 13.8. The van der Waals surface area contributed by atoms with E-state index in [1.807, 2.05) is 11.3 Å². The molecule has 1 aromatic heterocycles. The first-order chi connectivity index (χ1) is 9.51. The molecule has 0 aliphatic heterocycles. The van der Waals surface area contributed by atoms with E-state index in [0.29, 0.717) is 6.04 Å². The lowest BCUT2D eigenvalue weighted by Gasteiger charge is -2.20. The Morgan fingerprint density at radius 1 is 1.15 bits per heavy atom. The Kier molecular flexibility index (Phi) is 8.38. The summed E-state index contributed by atoms with van der Waals surface area (Å²) >= 11 is 1.94.